The summed E-state index contributed by atoms with van der Waals surface area (Å²) in [7, 11) is 1.70. The lowest BCUT2D eigenvalue weighted by Gasteiger charge is -2.27. The number of rotatable bonds is 7. The number of nitrogens with one attached hydrogen (secondary N) is 1. The van der Waals surface area contributed by atoms with Crippen molar-refractivity contribution in [3.63, 3.8) is 0 Å². The molecule has 1 N–H and O–H groups in total. The first-order valence-corrected chi connectivity index (χ1v) is 8.76. The highest BCUT2D eigenvalue weighted by Crippen LogP contribution is 2.17. The second-order valence-electron chi connectivity index (χ2n) is 6.51. The van der Waals surface area contributed by atoms with Crippen molar-refractivity contribution in [1.82, 2.24) is 9.80 Å². The summed E-state index contributed by atoms with van der Waals surface area (Å²) in [5, 5.41) is 11.8. The average Bonchev–Trinajstić information content (AvgIpc) is 2.61. The first kappa shape index (κ1) is 18.8. The first-order valence-electron chi connectivity index (χ1n) is 8.76. The molecule has 1 atom stereocenters. The maximum atomic E-state index is 12.3. The first-order chi connectivity index (χ1) is 12.0. The van der Waals surface area contributed by atoms with Crippen molar-refractivity contribution in [2.75, 3.05) is 25.5 Å². The third kappa shape index (κ3) is 5.49. The molecule has 1 saturated heterocycles. The van der Waals surface area contributed by atoms with E-state index in [4.69, 9.17) is 5.26 Å². The van der Waals surface area contributed by atoms with Crippen LogP contribution < -0.4 is 5.32 Å². The standard InChI is InChI=1S/C19H26N4O2/c1-15(19(25)22(2)11-6-10-20)21-17-8-5-7-16(13-17)14-23-12-4-3-9-18(23)24/h5,7-8,13,15,21H,3-4,6,9,11-12,14H2,1-2H3. The van der Waals surface area contributed by atoms with Gasteiger partial charge in [0.2, 0.25) is 11.8 Å². The summed E-state index contributed by atoms with van der Waals surface area (Å²) in [6.45, 7) is 3.67. The van der Waals surface area contributed by atoms with Gasteiger partial charge < -0.3 is 15.1 Å². The van der Waals surface area contributed by atoms with Crippen molar-refractivity contribution in [2.45, 2.75) is 45.2 Å². The Balaban J connectivity index is 1.95. The molecule has 1 aliphatic rings. The van der Waals surface area contributed by atoms with E-state index >= 15 is 0 Å². The Kier molecular flexibility index (Phi) is 6.81. The zero-order valence-electron chi connectivity index (χ0n) is 15.0. The van der Waals surface area contributed by atoms with E-state index in [2.05, 4.69) is 5.32 Å². The molecule has 1 aromatic rings. The van der Waals surface area contributed by atoms with Crippen molar-refractivity contribution in [3.8, 4) is 6.07 Å². The molecule has 2 amide bonds. The highest BCUT2D eigenvalue weighted by molar-refractivity contribution is 5.84. The van der Waals surface area contributed by atoms with Crippen LogP contribution in [-0.2, 0) is 16.1 Å². The Labute approximate surface area is 149 Å². The van der Waals surface area contributed by atoms with E-state index < -0.39 is 0 Å². The van der Waals surface area contributed by atoms with Crippen molar-refractivity contribution in [2.24, 2.45) is 0 Å². The largest absolute Gasteiger partial charge is 0.374 e. The van der Waals surface area contributed by atoms with Crippen molar-refractivity contribution < 1.29 is 9.59 Å². The van der Waals surface area contributed by atoms with Crippen LogP contribution in [0, 0.1) is 11.3 Å². The highest BCUT2D eigenvalue weighted by atomic mass is 16.2. The fourth-order valence-electron chi connectivity index (χ4n) is 2.98. The van der Waals surface area contributed by atoms with E-state index in [0.717, 1.165) is 30.6 Å². The van der Waals surface area contributed by atoms with Gasteiger partial charge in [-0.2, -0.15) is 5.26 Å². The Morgan fingerprint density at radius 1 is 1.44 bits per heavy atom. The molecule has 2 rings (SSSR count). The topological polar surface area (TPSA) is 76.4 Å². The number of amides is 2. The van der Waals surface area contributed by atoms with Crippen molar-refractivity contribution in [3.05, 3.63) is 29.8 Å². The molecule has 1 heterocycles. The van der Waals surface area contributed by atoms with E-state index in [1.807, 2.05) is 42.2 Å². The molecule has 25 heavy (non-hydrogen) atoms. The molecule has 1 aromatic carbocycles. The molecular formula is C19H26N4O2. The zero-order valence-corrected chi connectivity index (χ0v) is 15.0. The second kappa shape index (κ2) is 9.07. The number of likely N-dealkylation sites (tertiary alicyclic amines) is 1. The Morgan fingerprint density at radius 2 is 2.24 bits per heavy atom. The van der Waals surface area contributed by atoms with Gasteiger partial charge in [0, 0.05) is 38.8 Å². The molecule has 0 bridgehead atoms. The summed E-state index contributed by atoms with van der Waals surface area (Å²) >= 11 is 0. The summed E-state index contributed by atoms with van der Waals surface area (Å²) in [5.74, 6) is 0.166. The number of carbonyl (C=O) groups excluding carboxylic acids is 2. The fraction of sp³-hybridized carbons (Fsp3) is 0.526. The molecule has 1 unspecified atom stereocenters. The van der Waals surface area contributed by atoms with Crippen molar-refractivity contribution in [1.29, 1.82) is 5.26 Å². The number of likely N-dealkylation sites (N-methyl/N-ethyl adjacent to an activating group) is 1. The van der Waals surface area contributed by atoms with E-state index in [9.17, 15) is 9.59 Å². The van der Waals surface area contributed by atoms with Gasteiger partial charge in [0.15, 0.2) is 0 Å². The lowest BCUT2D eigenvalue weighted by molar-refractivity contribution is -0.134. The van der Waals surface area contributed by atoms with Gasteiger partial charge >= 0.3 is 0 Å². The summed E-state index contributed by atoms with van der Waals surface area (Å²) in [4.78, 5) is 27.7. The Morgan fingerprint density at radius 3 is 2.96 bits per heavy atom. The van der Waals surface area contributed by atoms with Gasteiger partial charge in [0.1, 0.15) is 6.04 Å². The maximum absolute atomic E-state index is 12.3. The third-order valence-electron chi connectivity index (χ3n) is 4.41. The van der Waals surface area contributed by atoms with E-state index in [-0.39, 0.29) is 17.9 Å². The minimum Gasteiger partial charge on any atom is -0.374 e. The predicted octanol–water partition coefficient (Wildman–Crippen LogP) is 2.37. The SMILES string of the molecule is CC(Nc1cccc(CN2CCCCC2=O)c1)C(=O)N(C)CCC#N. The molecular weight excluding hydrogens is 316 g/mol. The average molecular weight is 342 g/mol. The number of hydrogen-bond donors (Lipinski definition) is 1. The number of hydrogen-bond acceptors (Lipinski definition) is 4. The molecule has 6 nitrogen and oxygen atoms in total. The lowest BCUT2D eigenvalue weighted by atomic mass is 10.1. The quantitative estimate of drug-likeness (QED) is 0.825. The van der Waals surface area contributed by atoms with Gasteiger partial charge in [0.25, 0.3) is 0 Å². The summed E-state index contributed by atoms with van der Waals surface area (Å²) < 4.78 is 0. The summed E-state index contributed by atoms with van der Waals surface area (Å²) in [6.07, 6.45) is 3.01. The number of nitrogens with zero attached hydrogens (tertiary/aromatic N) is 3. The van der Waals surface area contributed by atoms with E-state index in [1.54, 1.807) is 11.9 Å². The fourth-order valence-corrected chi connectivity index (χ4v) is 2.98. The van der Waals surface area contributed by atoms with Gasteiger partial charge in [-0.15, -0.1) is 0 Å². The molecule has 134 valence electrons. The Hall–Kier alpha value is -2.55. The normalized spacial score (nSPS) is 15.4. The molecule has 0 radical (unpaired) electrons. The molecule has 6 heteroatoms. The van der Waals surface area contributed by atoms with Crippen LogP contribution in [0.1, 0.15) is 38.2 Å². The number of piperidine rings is 1. The summed E-state index contributed by atoms with van der Waals surface area (Å²) in [6, 6.07) is 9.50. The second-order valence-corrected chi connectivity index (χ2v) is 6.51. The van der Waals surface area contributed by atoms with Gasteiger partial charge in [-0.25, -0.2) is 0 Å². The molecule has 1 aliphatic heterocycles. The molecule has 0 aliphatic carbocycles. The molecule has 1 fully saturated rings. The lowest BCUT2D eigenvalue weighted by Crippen LogP contribution is -2.39. The van der Waals surface area contributed by atoms with Crippen LogP contribution in [0.2, 0.25) is 0 Å². The number of nitriles is 1. The molecule has 0 saturated carbocycles. The van der Waals surface area contributed by atoms with Gasteiger partial charge in [-0.1, -0.05) is 12.1 Å². The highest BCUT2D eigenvalue weighted by Gasteiger charge is 2.19. The van der Waals surface area contributed by atoms with Gasteiger partial charge in [-0.05, 0) is 37.5 Å². The molecule has 0 aromatic heterocycles. The minimum absolute atomic E-state index is 0.0492. The number of benzene rings is 1. The van der Waals surface area contributed by atoms with Gasteiger partial charge in [0.05, 0.1) is 12.5 Å². The van der Waals surface area contributed by atoms with Gasteiger partial charge in [-0.3, -0.25) is 9.59 Å². The number of anilines is 1. The van der Waals surface area contributed by atoms with Crippen LogP contribution in [-0.4, -0.2) is 47.8 Å². The predicted molar refractivity (Wildman–Crippen MR) is 96.7 cm³/mol. The maximum Gasteiger partial charge on any atom is 0.244 e. The van der Waals surface area contributed by atoms with E-state index in [1.165, 1.54) is 0 Å². The zero-order chi connectivity index (χ0) is 18.2. The smallest absolute Gasteiger partial charge is 0.244 e. The van der Waals surface area contributed by atoms with Crippen molar-refractivity contribution >= 4 is 17.5 Å². The van der Waals surface area contributed by atoms with Crippen LogP contribution in [0.3, 0.4) is 0 Å². The number of carbonyl (C=O) groups is 2. The third-order valence-corrected chi connectivity index (χ3v) is 4.41. The van der Waals surface area contributed by atoms with Crippen LogP contribution in [0.25, 0.3) is 0 Å². The summed E-state index contributed by atoms with van der Waals surface area (Å²) in [5.41, 5.74) is 1.91. The van der Waals surface area contributed by atoms with Crippen LogP contribution in [0.4, 0.5) is 5.69 Å². The van der Waals surface area contributed by atoms with Crippen LogP contribution in [0.15, 0.2) is 24.3 Å². The van der Waals surface area contributed by atoms with E-state index in [0.29, 0.717) is 25.9 Å². The Bertz CT molecular complexity index is 653. The minimum atomic E-state index is -0.379. The molecule has 0 spiro atoms. The monoisotopic (exact) mass is 342 g/mol. The van der Waals surface area contributed by atoms with Crippen LogP contribution >= 0.6 is 0 Å². The van der Waals surface area contributed by atoms with Crippen LogP contribution in [0.5, 0.6) is 0 Å².